The van der Waals surface area contributed by atoms with Gasteiger partial charge in [-0.3, -0.25) is 0 Å². The lowest BCUT2D eigenvalue weighted by atomic mass is 10.2. The largest absolute Gasteiger partial charge is 0.419 e. The van der Waals surface area contributed by atoms with Crippen LogP contribution in [0.1, 0.15) is 29.6 Å². The predicted octanol–water partition coefficient (Wildman–Crippen LogP) is 2.44. The zero-order valence-electron chi connectivity index (χ0n) is 9.23. The van der Waals surface area contributed by atoms with Crippen LogP contribution in [0.3, 0.4) is 0 Å². The van der Waals surface area contributed by atoms with Crippen molar-refractivity contribution in [2.45, 2.75) is 26.1 Å². The Kier molecular flexibility index (Phi) is 2.87. The third kappa shape index (κ3) is 2.04. The monoisotopic (exact) mass is 238 g/mol. The van der Waals surface area contributed by atoms with Gasteiger partial charge in [0, 0.05) is 0 Å². The molecule has 0 bridgehead atoms. The number of nitrogens with zero attached hydrogens (tertiary/aromatic N) is 4. The van der Waals surface area contributed by atoms with Gasteiger partial charge in [0.1, 0.15) is 5.38 Å². The van der Waals surface area contributed by atoms with E-state index >= 15 is 0 Å². The number of hydrogen-bond donors (Lipinski definition) is 0. The molecule has 1 atom stereocenters. The van der Waals surface area contributed by atoms with Gasteiger partial charge in [-0.25, -0.2) is 0 Å². The summed E-state index contributed by atoms with van der Waals surface area (Å²) in [5, 5.41) is 15.5. The highest BCUT2D eigenvalue weighted by molar-refractivity contribution is 6.20. The van der Waals surface area contributed by atoms with Crippen LogP contribution in [0.15, 0.2) is 10.5 Å². The summed E-state index contributed by atoms with van der Waals surface area (Å²) >= 11 is 5.85. The van der Waals surface area contributed by atoms with Gasteiger partial charge in [0.25, 0.3) is 0 Å². The van der Waals surface area contributed by atoms with Crippen molar-refractivity contribution in [2.24, 2.45) is 0 Å². The molecular formula is C10H11ClN4O. The van der Waals surface area contributed by atoms with E-state index in [1.807, 2.05) is 19.9 Å². The van der Waals surface area contributed by atoms with E-state index in [1.54, 1.807) is 6.92 Å². The van der Waals surface area contributed by atoms with Crippen LogP contribution in [0, 0.1) is 13.8 Å². The van der Waals surface area contributed by atoms with Crippen molar-refractivity contribution in [3.05, 3.63) is 23.3 Å². The molecular weight excluding hydrogens is 228 g/mol. The number of aryl methyl sites for hydroxylation is 2. The number of hydrogen-bond acceptors (Lipinski definition) is 5. The van der Waals surface area contributed by atoms with Crippen molar-refractivity contribution in [1.82, 2.24) is 20.4 Å². The van der Waals surface area contributed by atoms with Gasteiger partial charge < -0.3 is 4.42 Å². The normalized spacial score (nSPS) is 12.8. The minimum Gasteiger partial charge on any atom is -0.419 e. The van der Waals surface area contributed by atoms with E-state index in [4.69, 9.17) is 16.0 Å². The second-order valence-electron chi connectivity index (χ2n) is 3.55. The molecule has 2 aromatic heterocycles. The van der Waals surface area contributed by atoms with Crippen LogP contribution in [0.2, 0.25) is 0 Å². The van der Waals surface area contributed by atoms with Gasteiger partial charge >= 0.3 is 0 Å². The van der Waals surface area contributed by atoms with Crippen molar-refractivity contribution in [1.29, 1.82) is 0 Å². The summed E-state index contributed by atoms with van der Waals surface area (Å²) in [6.07, 6.45) is 0. The second kappa shape index (κ2) is 4.17. The molecule has 0 saturated heterocycles. The molecule has 16 heavy (non-hydrogen) atoms. The van der Waals surface area contributed by atoms with Gasteiger partial charge in [-0.2, -0.15) is 10.2 Å². The highest BCUT2D eigenvalue weighted by Crippen LogP contribution is 2.24. The van der Waals surface area contributed by atoms with Gasteiger partial charge in [-0.1, -0.05) is 0 Å². The van der Waals surface area contributed by atoms with Crippen LogP contribution < -0.4 is 0 Å². The average Bonchev–Trinajstić information content (AvgIpc) is 2.70. The molecule has 0 aromatic carbocycles. The number of rotatable bonds is 2. The summed E-state index contributed by atoms with van der Waals surface area (Å²) in [6.45, 7) is 5.48. The van der Waals surface area contributed by atoms with Crippen LogP contribution in [0.5, 0.6) is 0 Å². The maximum absolute atomic E-state index is 5.85. The van der Waals surface area contributed by atoms with Crippen LogP contribution in [-0.4, -0.2) is 20.4 Å². The van der Waals surface area contributed by atoms with E-state index in [2.05, 4.69) is 20.4 Å². The van der Waals surface area contributed by atoms with Crippen molar-refractivity contribution in [3.8, 4) is 11.5 Å². The average molecular weight is 239 g/mol. The Morgan fingerprint density at radius 1 is 1.19 bits per heavy atom. The Morgan fingerprint density at radius 3 is 2.56 bits per heavy atom. The zero-order valence-corrected chi connectivity index (χ0v) is 9.99. The Morgan fingerprint density at radius 2 is 1.94 bits per heavy atom. The smallest absolute Gasteiger partial charge is 0.249 e. The standard InChI is InChI=1S/C10H11ClN4O/c1-5-4-8(7(3)13-12-5)10-15-14-9(16-10)6(2)11/h4,6H,1-3H3. The van der Waals surface area contributed by atoms with Gasteiger partial charge in [0.2, 0.25) is 11.8 Å². The quantitative estimate of drug-likeness (QED) is 0.752. The molecule has 0 aliphatic carbocycles. The summed E-state index contributed by atoms with van der Waals surface area (Å²) in [5.41, 5.74) is 2.35. The Balaban J connectivity index is 2.46. The summed E-state index contributed by atoms with van der Waals surface area (Å²) in [7, 11) is 0. The lowest BCUT2D eigenvalue weighted by Crippen LogP contribution is -1.93. The molecule has 0 radical (unpaired) electrons. The minimum atomic E-state index is -0.294. The molecule has 0 fully saturated rings. The van der Waals surface area contributed by atoms with Crippen molar-refractivity contribution >= 4 is 11.6 Å². The van der Waals surface area contributed by atoms with Crippen LogP contribution >= 0.6 is 11.6 Å². The third-order valence-electron chi connectivity index (χ3n) is 2.11. The highest BCUT2D eigenvalue weighted by Gasteiger charge is 2.15. The van der Waals surface area contributed by atoms with E-state index in [0.717, 1.165) is 17.0 Å². The molecule has 0 amide bonds. The molecule has 0 N–H and O–H groups in total. The van der Waals surface area contributed by atoms with Crippen LogP contribution in [-0.2, 0) is 0 Å². The second-order valence-corrected chi connectivity index (χ2v) is 4.20. The van der Waals surface area contributed by atoms with Crippen molar-refractivity contribution in [3.63, 3.8) is 0 Å². The molecule has 0 aliphatic heterocycles. The maximum Gasteiger partial charge on any atom is 0.249 e. The number of alkyl halides is 1. The van der Waals surface area contributed by atoms with E-state index in [0.29, 0.717) is 11.8 Å². The fourth-order valence-electron chi connectivity index (χ4n) is 1.27. The Labute approximate surface area is 97.9 Å². The minimum absolute atomic E-state index is 0.294. The molecule has 2 aromatic rings. The Hall–Kier alpha value is -1.49. The molecule has 1 unspecified atom stereocenters. The predicted molar refractivity (Wildman–Crippen MR) is 59.1 cm³/mol. The first-order valence-corrected chi connectivity index (χ1v) is 5.30. The fraction of sp³-hybridized carbons (Fsp3) is 0.400. The van der Waals surface area contributed by atoms with Crippen molar-refractivity contribution < 1.29 is 4.42 Å². The van der Waals surface area contributed by atoms with Crippen molar-refractivity contribution in [2.75, 3.05) is 0 Å². The molecule has 84 valence electrons. The van der Waals surface area contributed by atoms with Crippen LogP contribution in [0.25, 0.3) is 11.5 Å². The van der Waals surface area contributed by atoms with E-state index in [-0.39, 0.29) is 5.38 Å². The highest BCUT2D eigenvalue weighted by atomic mass is 35.5. The summed E-state index contributed by atoms with van der Waals surface area (Å²) < 4.78 is 5.44. The number of aromatic nitrogens is 4. The summed E-state index contributed by atoms with van der Waals surface area (Å²) in [4.78, 5) is 0. The number of halogens is 1. The van der Waals surface area contributed by atoms with E-state index in [1.165, 1.54) is 0 Å². The molecule has 6 heteroatoms. The van der Waals surface area contributed by atoms with Gasteiger partial charge in [0.15, 0.2) is 0 Å². The third-order valence-corrected chi connectivity index (χ3v) is 2.30. The van der Waals surface area contributed by atoms with E-state index < -0.39 is 0 Å². The first kappa shape index (κ1) is 11.0. The fourth-order valence-corrected chi connectivity index (χ4v) is 1.36. The molecule has 0 saturated carbocycles. The first-order valence-electron chi connectivity index (χ1n) is 4.86. The van der Waals surface area contributed by atoms with Gasteiger partial charge in [-0.05, 0) is 26.8 Å². The molecule has 0 spiro atoms. The summed E-state index contributed by atoms with van der Waals surface area (Å²) in [6, 6.07) is 1.86. The Bertz CT molecular complexity index is 509. The molecule has 2 heterocycles. The van der Waals surface area contributed by atoms with Gasteiger partial charge in [-0.15, -0.1) is 21.8 Å². The molecule has 2 rings (SSSR count). The lowest BCUT2D eigenvalue weighted by Gasteiger charge is -1.99. The molecule has 0 aliphatic rings. The van der Waals surface area contributed by atoms with E-state index in [9.17, 15) is 0 Å². The first-order chi connectivity index (χ1) is 7.58. The maximum atomic E-state index is 5.85. The van der Waals surface area contributed by atoms with Gasteiger partial charge in [0.05, 0.1) is 17.0 Å². The zero-order chi connectivity index (χ0) is 11.7. The SMILES string of the molecule is Cc1cc(-c2nnc(C(C)Cl)o2)c(C)nn1. The van der Waals surface area contributed by atoms with Crippen LogP contribution in [0.4, 0.5) is 0 Å². The summed E-state index contributed by atoms with van der Waals surface area (Å²) in [5.74, 6) is 0.837. The molecule has 5 nitrogen and oxygen atoms in total. The topological polar surface area (TPSA) is 64.7 Å². The lowest BCUT2D eigenvalue weighted by molar-refractivity contribution is 0.506.